The van der Waals surface area contributed by atoms with Crippen molar-refractivity contribution in [1.82, 2.24) is 10.2 Å². The Morgan fingerprint density at radius 2 is 1.86 bits per heavy atom. The Bertz CT molecular complexity index is 276. The lowest BCUT2D eigenvalue weighted by Gasteiger charge is -2.39. The molecule has 0 spiro atoms. The Labute approximate surface area is 131 Å². The molecule has 1 heterocycles. The molecule has 1 aliphatic heterocycles. The fourth-order valence-corrected chi connectivity index (χ4v) is 4.23. The molecule has 1 saturated heterocycles. The van der Waals surface area contributed by atoms with Crippen molar-refractivity contribution in [3.8, 4) is 0 Å². The Morgan fingerprint density at radius 1 is 1.10 bits per heavy atom. The van der Waals surface area contributed by atoms with E-state index in [4.69, 9.17) is 0 Å². The summed E-state index contributed by atoms with van der Waals surface area (Å²) in [4.78, 5) is 2.62. The van der Waals surface area contributed by atoms with Gasteiger partial charge in [-0.15, -0.1) is 0 Å². The van der Waals surface area contributed by atoms with E-state index in [-0.39, 0.29) is 0 Å². The van der Waals surface area contributed by atoms with E-state index in [1.54, 1.807) is 0 Å². The lowest BCUT2D eigenvalue weighted by molar-refractivity contribution is 0.108. The highest BCUT2D eigenvalue weighted by Gasteiger charge is 2.27. The van der Waals surface area contributed by atoms with Crippen LogP contribution < -0.4 is 5.32 Å². The third kappa shape index (κ3) is 6.25. The number of rotatable bonds is 7. The number of aliphatic hydroxyl groups excluding tert-OH is 1. The molecule has 2 unspecified atom stereocenters. The first kappa shape index (κ1) is 17.2. The highest BCUT2D eigenvalue weighted by atomic mass is 16.3. The zero-order valence-corrected chi connectivity index (χ0v) is 14.2. The number of hydrogen-bond donors (Lipinski definition) is 2. The fourth-order valence-electron chi connectivity index (χ4n) is 4.23. The SMILES string of the molecule is CC(C)CN1CC(CCO)CC(NCC2CCCCC2)C1. The molecule has 0 aromatic heterocycles. The minimum absolute atomic E-state index is 0.343. The molecule has 2 rings (SSSR count). The minimum Gasteiger partial charge on any atom is -0.396 e. The number of nitrogens with zero attached hydrogens (tertiary/aromatic N) is 1. The number of likely N-dealkylation sites (tertiary alicyclic amines) is 1. The van der Waals surface area contributed by atoms with Gasteiger partial charge in [-0.05, 0) is 50.0 Å². The maximum Gasteiger partial charge on any atom is 0.0434 e. The van der Waals surface area contributed by atoms with Crippen molar-refractivity contribution in [2.75, 3.05) is 32.8 Å². The van der Waals surface area contributed by atoms with Crippen LogP contribution in [0.3, 0.4) is 0 Å². The summed E-state index contributed by atoms with van der Waals surface area (Å²) in [6, 6.07) is 0.635. The van der Waals surface area contributed by atoms with Gasteiger partial charge in [-0.2, -0.15) is 0 Å². The predicted molar refractivity (Wildman–Crippen MR) is 89.5 cm³/mol. The lowest BCUT2D eigenvalue weighted by Crippen LogP contribution is -2.51. The van der Waals surface area contributed by atoms with Gasteiger partial charge < -0.3 is 15.3 Å². The van der Waals surface area contributed by atoms with Crippen LogP contribution in [0.25, 0.3) is 0 Å². The van der Waals surface area contributed by atoms with Crippen molar-refractivity contribution >= 4 is 0 Å². The standard InChI is InChI=1S/C18H36N2O/c1-15(2)12-20-13-17(8-9-21)10-18(14-20)19-11-16-6-4-3-5-7-16/h15-19,21H,3-14H2,1-2H3. The van der Waals surface area contributed by atoms with Crippen LogP contribution in [0.4, 0.5) is 0 Å². The van der Waals surface area contributed by atoms with E-state index in [0.29, 0.717) is 18.6 Å². The van der Waals surface area contributed by atoms with Gasteiger partial charge >= 0.3 is 0 Å². The van der Waals surface area contributed by atoms with Crippen LogP contribution >= 0.6 is 0 Å². The van der Waals surface area contributed by atoms with Crippen LogP contribution in [-0.2, 0) is 0 Å². The monoisotopic (exact) mass is 296 g/mol. The van der Waals surface area contributed by atoms with Gasteiger partial charge in [0.1, 0.15) is 0 Å². The van der Waals surface area contributed by atoms with Crippen molar-refractivity contribution in [3.63, 3.8) is 0 Å². The molecule has 0 bridgehead atoms. The molecule has 0 amide bonds. The van der Waals surface area contributed by atoms with Gasteiger partial charge in [0.25, 0.3) is 0 Å². The molecule has 1 aliphatic carbocycles. The van der Waals surface area contributed by atoms with Gasteiger partial charge in [-0.3, -0.25) is 0 Å². The maximum atomic E-state index is 9.27. The van der Waals surface area contributed by atoms with Crippen molar-refractivity contribution in [2.24, 2.45) is 17.8 Å². The Balaban J connectivity index is 1.78. The highest BCUT2D eigenvalue weighted by molar-refractivity contribution is 4.84. The Kier molecular flexibility index (Phi) is 7.48. The Morgan fingerprint density at radius 3 is 2.52 bits per heavy atom. The van der Waals surface area contributed by atoms with Crippen LogP contribution in [0, 0.1) is 17.8 Å². The molecule has 2 fully saturated rings. The summed E-state index contributed by atoms with van der Waals surface area (Å²) in [5, 5.41) is 13.1. The van der Waals surface area contributed by atoms with Crippen LogP contribution in [0.2, 0.25) is 0 Å². The lowest BCUT2D eigenvalue weighted by atomic mass is 9.88. The Hall–Kier alpha value is -0.120. The molecule has 124 valence electrons. The summed E-state index contributed by atoms with van der Waals surface area (Å²) < 4.78 is 0. The van der Waals surface area contributed by atoms with E-state index in [9.17, 15) is 5.11 Å². The molecule has 0 radical (unpaired) electrons. The summed E-state index contributed by atoms with van der Waals surface area (Å²) >= 11 is 0. The van der Waals surface area contributed by atoms with E-state index >= 15 is 0 Å². The van der Waals surface area contributed by atoms with E-state index in [1.165, 1.54) is 64.7 Å². The summed E-state index contributed by atoms with van der Waals surface area (Å²) in [5.41, 5.74) is 0. The summed E-state index contributed by atoms with van der Waals surface area (Å²) in [6.45, 7) is 9.75. The topological polar surface area (TPSA) is 35.5 Å². The summed E-state index contributed by atoms with van der Waals surface area (Å²) in [6.07, 6.45) is 9.39. The molecule has 2 aliphatic rings. The van der Waals surface area contributed by atoms with Crippen LogP contribution in [0.1, 0.15) is 58.8 Å². The predicted octanol–water partition coefficient (Wildman–Crippen LogP) is 2.89. The third-order valence-electron chi connectivity index (χ3n) is 5.19. The highest BCUT2D eigenvalue weighted by Crippen LogP contribution is 2.24. The molecule has 0 aromatic carbocycles. The number of hydrogen-bond acceptors (Lipinski definition) is 3. The van der Waals surface area contributed by atoms with Gasteiger partial charge in [0.2, 0.25) is 0 Å². The zero-order valence-electron chi connectivity index (χ0n) is 14.2. The van der Waals surface area contributed by atoms with E-state index < -0.39 is 0 Å². The third-order valence-corrected chi connectivity index (χ3v) is 5.19. The first-order valence-electron chi connectivity index (χ1n) is 9.24. The molecule has 0 aromatic rings. The average Bonchev–Trinajstić information content (AvgIpc) is 2.46. The first-order valence-corrected chi connectivity index (χ1v) is 9.24. The van der Waals surface area contributed by atoms with E-state index in [2.05, 4.69) is 24.1 Å². The average molecular weight is 296 g/mol. The number of piperidine rings is 1. The van der Waals surface area contributed by atoms with Crippen LogP contribution in [-0.4, -0.2) is 48.8 Å². The molecule has 2 N–H and O–H groups in total. The van der Waals surface area contributed by atoms with Crippen molar-refractivity contribution < 1.29 is 5.11 Å². The van der Waals surface area contributed by atoms with E-state index in [0.717, 1.165) is 18.3 Å². The second-order valence-electron chi connectivity index (χ2n) is 7.84. The summed E-state index contributed by atoms with van der Waals surface area (Å²) in [5.74, 6) is 2.32. The molecule has 3 heteroatoms. The van der Waals surface area contributed by atoms with Crippen molar-refractivity contribution in [3.05, 3.63) is 0 Å². The second kappa shape index (κ2) is 9.12. The summed E-state index contributed by atoms with van der Waals surface area (Å²) in [7, 11) is 0. The smallest absolute Gasteiger partial charge is 0.0434 e. The number of nitrogens with one attached hydrogen (secondary N) is 1. The van der Waals surface area contributed by atoms with Crippen LogP contribution in [0.15, 0.2) is 0 Å². The largest absolute Gasteiger partial charge is 0.396 e. The zero-order chi connectivity index (χ0) is 15.1. The quantitative estimate of drug-likeness (QED) is 0.758. The van der Waals surface area contributed by atoms with Gasteiger partial charge in [0.05, 0.1) is 0 Å². The van der Waals surface area contributed by atoms with Gasteiger partial charge in [-0.1, -0.05) is 33.1 Å². The molecular weight excluding hydrogens is 260 g/mol. The first-order chi connectivity index (χ1) is 10.2. The molecule has 1 saturated carbocycles. The fraction of sp³-hybridized carbons (Fsp3) is 1.00. The van der Waals surface area contributed by atoms with Crippen molar-refractivity contribution in [1.29, 1.82) is 0 Å². The molecule has 2 atom stereocenters. The van der Waals surface area contributed by atoms with Crippen molar-refractivity contribution in [2.45, 2.75) is 64.8 Å². The van der Waals surface area contributed by atoms with Crippen LogP contribution in [0.5, 0.6) is 0 Å². The van der Waals surface area contributed by atoms with Gasteiger partial charge in [-0.25, -0.2) is 0 Å². The number of aliphatic hydroxyl groups is 1. The molecule has 21 heavy (non-hydrogen) atoms. The normalized spacial score (nSPS) is 29.1. The second-order valence-corrected chi connectivity index (χ2v) is 7.84. The van der Waals surface area contributed by atoms with Gasteiger partial charge in [0, 0.05) is 32.3 Å². The molecule has 3 nitrogen and oxygen atoms in total. The van der Waals surface area contributed by atoms with Gasteiger partial charge in [0.15, 0.2) is 0 Å². The minimum atomic E-state index is 0.343. The van der Waals surface area contributed by atoms with E-state index in [1.807, 2.05) is 0 Å². The molecular formula is C18H36N2O. The maximum absolute atomic E-state index is 9.27.